The van der Waals surface area contributed by atoms with Crippen LogP contribution in [0.15, 0.2) is 46.9 Å². The van der Waals surface area contributed by atoms with Crippen LogP contribution >= 0.6 is 15.9 Å². The van der Waals surface area contributed by atoms with Crippen LogP contribution in [-0.4, -0.2) is 19.2 Å². The highest BCUT2D eigenvalue weighted by molar-refractivity contribution is 9.10. The van der Waals surface area contributed by atoms with E-state index in [1.165, 1.54) is 5.56 Å². The summed E-state index contributed by atoms with van der Waals surface area (Å²) in [7, 11) is 0. The van der Waals surface area contributed by atoms with Crippen LogP contribution in [0.5, 0.6) is 11.5 Å². The minimum atomic E-state index is 0.0215. The van der Waals surface area contributed by atoms with Crippen LogP contribution in [0.4, 0.5) is 0 Å². The monoisotopic (exact) mass is 405 g/mol. The fourth-order valence-electron chi connectivity index (χ4n) is 2.82. The number of carbonyl (C=O) groups is 1. The molecule has 1 aliphatic rings. The maximum Gasteiger partial charge on any atom is 0.275 e. The first-order valence-corrected chi connectivity index (χ1v) is 9.19. The summed E-state index contributed by atoms with van der Waals surface area (Å²) in [6.07, 6.45) is 0.969. The Morgan fingerprint density at radius 3 is 2.72 bits per heavy atom. The largest absolute Gasteiger partial charge is 0.454 e. The van der Waals surface area contributed by atoms with Crippen molar-refractivity contribution in [3.63, 3.8) is 0 Å². The maximum atomic E-state index is 12.2. The zero-order chi connectivity index (χ0) is 17.6. The SMILES string of the molecule is CC[C@@H]([NH2+]CC(=O)NCc1ccc2c(c1)OCO2)c1ccc(Br)cc1. The van der Waals surface area contributed by atoms with Crippen LogP contribution in [0.2, 0.25) is 0 Å². The van der Waals surface area contributed by atoms with Gasteiger partial charge in [-0.05, 0) is 29.8 Å². The van der Waals surface area contributed by atoms with E-state index < -0.39 is 0 Å². The highest BCUT2D eigenvalue weighted by Crippen LogP contribution is 2.32. The zero-order valence-electron chi connectivity index (χ0n) is 14.1. The third-order valence-corrected chi connectivity index (χ3v) is 4.78. The first-order chi connectivity index (χ1) is 12.2. The summed E-state index contributed by atoms with van der Waals surface area (Å²) in [6, 6.07) is 14.3. The number of rotatable bonds is 7. The molecule has 0 aliphatic carbocycles. The number of halogens is 1. The Hall–Kier alpha value is -2.05. The Labute approximate surface area is 155 Å². The average Bonchev–Trinajstić information content (AvgIpc) is 3.09. The van der Waals surface area contributed by atoms with Crippen LogP contribution < -0.4 is 20.1 Å². The average molecular weight is 406 g/mol. The summed E-state index contributed by atoms with van der Waals surface area (Å²) in [5.74, 6) is 1.51. The highest BCUT2D eigenvalue weighted by Gasteiger charge is 2.16. The lowest BCUT2D eigenvalue weighted by Gasteiger charge is -2.14. The Morgan fingerprint density at radius 1 is 1.20 bits per heavy atom. The van der Waals surface area contributed by atoms with Crippen molar-refractivity contribution in [3.8, 4) is 11.5 Å². The second-order valence-electron chi connectivity index (χ2n) is 5.97. The number of amides is 1. The van der Waals surface area contributed by atoms with Gasteiger partial charge in [0, 0.05) is 23.0 Å². The molecule has 1 aliphatic heterocycles. The molecule has 2 aromatic rings. The van der Waals surface area contributed by atoms with E-state index in [1.54, 1.807) is 0 Å². The summed E-state index contributed by atoms with van der Waals surface area (Å²) in [4.78, 5) is 12.2. The molecule has 0 radical (unpaired) electrons. The van der Waals surface area contributed by atoms with E-state index in [0.717, 1.165) is 28.0 Å². The number of carbonyl (C=O) groups excluding carboxylic acids is 1. The molecule has 5 nitrogen and oxygen atoms in total. The lowest BCUT2D eigenvalue weighted by molar-refractivity contribution is -0.686. The van der Waals surface area contributed by atoms with Crippen LogP contribution in [0.3, 0.4) is 0 Å². The van der Waals surface area contributed by atoms with E-state index in [4.69, 9.17) is 9.47 Å². The molecule has 0 saturated carbocycles. The van der Waals surface area contributed by atoms with Gasteiger partial charge in [-0.25, -0.2) is 0 Å². The van der Waals surface area contributed by atoms with Crippen LogP contribution in [0, 0.1) is 0 Å². The van der Waals surface area contributed by atoms with Crippen molar-refractivity contribution in [1.82, 2.24) is 5.32 Å². The van der Waals surface area contributed by atoms with E-state index in [-0.39, 0.29) is 18.7 Å². The van der Waals surface area contributed by atoms with Gasteiger partial charge in [-0.15, -0.1) is 0 Å². The van der Waals surface area contributed by atoms with E-state index in [2.05, 4.69) is 45.6 Å². The van der Waals surface area contributed by atoms with Gasteiger partial charge >= 0.3 is 0 Å². The van der Waals surface area contributed by atoms with Crippen molar-refractivity contribution in [3.05, 3.63) is 58.1 Å². The van der Waals surface area contributed by atoms with Gasteiger partial charge in [0.05, 0.1) is 0 Å². The topological polar surface area (TPSA) is 64.2 Å². The third-order valence-electron chi connectivity index (χ3n) is 4.25. The first-order valence-electron chi connectivity index (χ1n) is 8.39. The van der Waals surface area contributed by atoms with Crippen molar-refractivity contribution in [2.75, 3.05) is 13.3 Å². The normalized spacial score (nSPS) is 13.5. The van der Waals surface area contributed by atoms with Crippen molar-refractivity contribution in [2.45, 2.75) is 25.9 Å². The molecule has 25 heavy (non-hydrogen) atoms. The minimum Gasteiger partial charge on any atom is -0.454 e. The van der Waals surface area contributed by atoms with Crippen LogP contribution in [0.1, 0.15) is 30.5 Å². The van der Waals surface area contributed by atoms with Gasteiger partial charge in [-0.1, -0.05) is 41.1 Å². The summed E-state index contributed by atoms with van der Waals surface area (Å²) in [6.45, 7) is 3.28. The quantitative estimate of drug-likeness (QED) is 0.743. The van der Waals surface area contributed by atoms with Crippen LogP contribution in [0.25, 0.3) is 0 Å². The van der Waals surface area contributed by atoms with Gasteiger partial charge in [0.15, 0.2) is 18.0 Å². The van der Waals surface area contributed by atoms with Gasteiger partial charge in [0.2, 0.25) is 6.79 Å². The van der Waals surface area contributed by atoms with Crippen LogP contribution in [-0.2, 0) is 11.3 Å². The lowest BCUT2D eigenvalue weighted by Crippen LogP contribution is -2.87. The van der Waals surface area contributed by atoms with E-state index in [9.17, 15) is 4.79 Å². The Bertz CT molecular complexity index is 734. The number of nitrogens with one attached hydrogen (secondary N) is 1. The number of ether oxygens (including phenoxy) is 2. The summed E-state index contributed by atoms with van der Waals surface area (Å²) < 4.78 is 11.7. The fraction of sp³-hybridized carbons (Fsp3) is 0.316. The Morgan fingerprint density at radius 2 is 1.96 bits per heavy atom. The molecule has 1 atom stereocenters. The van der Waals surface area contributed by atoms with E-state index in [1.807, 2.05) is 30.3 Å². The van der Waals surface area contributed by atoms with Gasteiger partial charge in [0.1, 0.15) is 6.04 Å². The molecule has 6 heteroatoms. The van der Waals surface area contributed by atoms with Gasteiger partial charge < -0.3 is 20.1 Å². The molecular formula is C19H22BrN2O3+. The standard InChI is InChI=1S/C19H21BrN2O3/c1-2-16(14-4-6-15(20)7-5-14)21-11-19(23)22-10-13-3-8-17-18(9-13)25-12-24-17/h3-9,16,21H,2,10-12H2,1H3,(H,22,23)/p+1/t16-/m1/s1. The molecule has 0 fully saturated rings. The molecule has 0 saturated heterocycles. The second kappa shape index (κ2) is 8.36. The zero-order valence-corrected chi connectivity index (χ0v) is 15.7. The third kappa shape index (κ3) is 4.74. The summed E-state index contributed by atoms with van der Waals surface area (Å²) in [5, 5.41) is 5.04. The van der Waals surface area contributed by atoms with Crippen molar-refractivity contribution in [1.29, 1.82) is 0 Å². The van der Waals surface area contributed by atoms with Gasteiger partial charge in [0.25, 0.3) is 5.91 Å². The number of nitrogens with two attached hydrogens (primary N) is 1. The minimum absolute atomic E-state index is 0.0215. The lowest BCUT2D eigenvalue weighted by atomic mass is 10.0. The Balaban J connectivity index is 1.48. The van der Waals surface area contributed by atoms with Crippen molar-refractivity contribution < 1.29 is 19.6 Å². The molecule has 0 spiro atoms. The molecule has 132 valence electrons. The second-order valence-corrected chi connectivity index (χ2v) is 6.89. The predicted molar refractivity (Wildman–Crippen MR) is 98.4 cm³/mol. The number of quaternary nitrogens is 1. The molecule has 0 bridgehead atoms. The molecule has 3 rings (SSSR count). The molecular weight excluding hydrogens is 384 g/mol. The number of benzene rings is 2. The molecule has 0 unspecified atom stereocenters. The van der Waals surface area contributed by atoms with E-state index in [0.29, 0.717) is 13.1 Å². The molecule has 1 heterocycles. The fourth-order valence-corrected chi connectivity index (χ4v) is 3.09. The smallest absolute Gasteiger partial charge is 0.275 e. The van der Waals surface area contributed by atoms with Gasteiger partial charge in [-0.3, -0.25) is 4.79 Å². The Kier molecular flexibility index (Phi) is 5.94. The molecule has 2 aromatic carbocycles. The van der Waals surface area contributed by atoms with Crippen molar-refractivity contribution >= 4 is 21.8 Å². The first kappa shape index (κ1) is 17.8. The van der Waals surface area contributed by atoms with E-state index >= 15 is 0 Å². The number of hydrogen-bond donors (Lipinski definition) is 2. The molecule has 3 N–H and O–H groups in total. The summed E-state index contributed by atoms with van der Waals surface area (Å²) >= 11 is 3.45. The maximum absolute atomic E-state index is 12.2. The summed E-state index contributed by atoms with van der Waals surface area (Å²) in [5.41, 5.74) is 2.23. The predicted octanol–water partition coefficient (Wildman–Crippen LogP) is 2.51. The number of hydrogen-bond acceptors (Lipinski definition) is 3. The molecule has 0 aromatic heterocycles. The van der Waals surface area contributed by atoms with Gasteiger partial charge in [-0.2, -0.15) is 0 Å². The molecule has 1 amide bonds. The van der Waals surface area contributed by atoms with Crippen molar-refractivity contribution in [2.24, 2.45) is 0 Å². The highest BCUT2D eigenvalue weighted by atomic mass is 79.9. The number of fused-ring (bicyclic) bond motifs is 1.